The zero-order valence-electron chi connectivity index (χ0n) is 19.9. The third-order valence-corrected chi connectivity index (χ3v) is 12.8. The predicted molar refractivity (Wildman–Crippen MR) is 176 cm³/mol. The first-order chi connectivity index (χ1) is 18.9. The average Bonchev–Trinajstić information content (AvgIpc) is 3.71. The molecule has 0 fully saturated rings. The second-order valence-corrected chi connectivity index (χ2v) is 14.2. The molecule has 0 N–H and O–H groups in total. The van der Waals surface area contributed by atoms with E-state index >= 15 is 0 Å². The summed E-state index contributed by atoms with van der Waals surface area (Å²) in [5.74, 6) is 0. The van der Waals surface area contributed by atoms with Crippen LogP contribution in [-0.4, -0.2) is 0 Å². The molecule has 0 nitrogen and oxygen atoms in total. The second-order valence-electron chi connectivity index (χ2n) is 9.96. The van der Waals surface area contributed by atoms with Crippen LogP contribution in [-0.2, 0) is 0 Å². The zero-order chi connectivity index (χ0) is 24.5. The van der Waals surface area contributed by atoms with Crippen LogP contribution in [0.5, 0.6) is 0 Å². The van der Waals surface area contributed by atoms with E-state index in [1.807, 2.05) is 45.3 Å². The highest BCUT2D eigenvalue weighted by atomic mass is 32.1. The molecule has 176 valence electrons. The summed E-state index contributed by atoms with van der Waals surface area (Å²) in [6.07, 6.45) is 0. The highest BCUT2D eigenvalue weighted by Crippen LogP contribution is 2.56. The second kappa shape index (κ2) is 7.10. The molecule has 10 aromatic rings. The van der Waals surface area contributed by atoms with Crippen molar-refractivity contribution < 1.29 is 0 Å². The van der Waals surface area contributed by atoms with Gasteiger partial charge in [-0.25, -0.2) is 0 Å². The van der Waals surface area contributed by atoms with Crippen LogP contribution in [0.3, 0.4) is 0 Å². The molecule has 0 saturated heterocycles. The fourth-order valence-corrected chi connectivity index (χ4v) is 11.7. The third-order valence-electron chi connectivity index (χ3n) is 8.04. The standard InChI is InChI=1S/C34H16S4/c1-5-13-21-17(9-1)25-26-18-10-2-6-14-22(18)36-32(26)30-29(31(25)35-21)33-27(19-11-3-7-15-23(19)37-33)28-20-12-4-8-16-24(20)38-34(28)30/h1-16H. The smallest absolute Gasteiger partial charge is 0.0456 e. The summed E-state index contributed by atoms with van der Waals surface area (Å²) in [6.45, 7) is 0. The monoisotopic (exact) mass is 552 g/mol. The molecule has 6 aromatic carbocycles. The van der Waals surface area contributed by atoms with Gasteiger partial charge in [-0.15, -0.1) is 45.3 Å². The third kappa shape index (κ3) is 2.37. The van der Waals surface area contributed by atoms with Crippen molar-refractivity contribution in [3.8, 4) is 0 Å². The summed E-state index contributed by atoms with van der Waals surface area (Å²) in [7, 11) is 0. The van der Waals surface area contributed by atoms with Gasteiger partial charge in [0.25, 0.3) is 0 Å². The van der Waals surface area contributed by atoms with E-state index in [0.717, 1.165) is 0 Å². The van der Waals surface area contributed by atoms with E-state index in [0.29, 0.717) is 0 Å². The SMILES string of the molecule is c1ccc2c(c1)sc1c2c2c3ccccc3sc2c2c3sc4ccccc4c3c3c4ccccc4sc3c12. The van der Waals surface area contributed by atoms with Gasteiger partial charge in [0.05, 0.1) is 0 Å². The molecule has 38 heavy (non-hydrogen) atoms. The largest absolute Gasteiger partial charge is 0.134 e. The van der Waals surface area contributed by atoms with E-state index in [4.69, 9.17) is 0 Å². The van der Waals surface area contributed by atoms with Crippen LogP contribution < -0.4 is 0 Å². The van der Waals surface area contributed by atoms with Gasteiger partial charge >= 0.3 is 0 Å². The molecule has 0 bridgehead atoms. The summed E-state index contributed by atoms with van der Waals surface area (Å²) >= 11 is 7.90. The van der Waals surface area contributed by atoms with Crippen LogP contribution in [0, 0.1) is 0 Å². The molecule has 4 heterocycles. The van der Waals surface area contributed by atoms with Gasteiger partial charge in [0.2, 0.25) is 0 Å². The fraction of sp³-hybridized carbons (Fsp3) is 0. The minimum Gasteiger partial charge on any atom is -0.134 e. The maximum Gasteiger partial charge on any atom is 0.0456 e. The summed E-state index contributed by atoms with van der Waals surface area (Å²) in [6, 6.07) is 36.0. The van der Waals surface area contributed by atoms with Gasteiger partial charge in [-0.05, 0) is 24.3 Å². The molecule has 0 radical (unpaired) electrons. The maximum atomic E-state index is 2.33. The molecule has 0 atom stereocenters. The molecular formula is C34H16S4. The van der Waals surface area contributed by atoms with Gasteiger partial charge in [-0.2, -0.15) is 0 Å². The van der Waals surface area contributed by atoms with Gasteiger partial charge in [0, 0.05) is 91.5 Å². The maximum absolute atomic E-state index is 2.33. The van der Waals surface area contributed by atoms with Crippen molar-refractivity contribution in [1.82, 2.24) is 0 Å². The molecule has 0 unspecified atom stereocenters. The summed E-state index contributed by atoms with van der Waals surface area (Å²) in [4.78, 5) is 0. The Kier molecular flexibility index (Phi) is 3.82. The Hall–Kier alpha value is -3.54. The first kappa shape index (κ1) is 20.4. The summed E-state index contributed by atoms with van der Waals surface area (Å²) in [5.41, 5.74) is 0. The zero-order valence-corrected chi connectivity index (χ0v) is 23.1. The Morgan fingerprint density at radius 3 is 0.763 bits per heavy atom. The molecule has 0 aliphatic carbocycles. The van der Waals surface area contributed by atoms with Crippen molar-refractivity contribution in [3.63, 3.8) is 0 Å². The number of fused-ring (bicyclic) bond motifs is 19. The van der Waals surface area contributed by atoms with E-state index in [-0.39, 0.29) is 0 Å². The molecule has 0 spiro atoms. The first-order valence-electron chi connectivity index (χ1n) is 12.7. The van der Waals surface area contributed by atoms with Gasteiger partial charge < -0.3 is 0 Å². The van der Waals surface area contributed by atoms with Crippen LogP contribution in [0.4, 0.5) is 0 Å². The Balaban J connectivity index is 1.68. The van der Waals surface area contributed by atoms with Gasteiger partial charge in [0.15, 0.2) is 0 Å². The summed E-state index contributed by atoms with van der Waals surface area (Å²) in [5, 5.41) is 14.2. The molecule has 0 aliphatic heterocycles. The van der Waals surface area contributed by atoms with Gasteiger partial charge in [0.1, 0.15) is 0 Å². The minimum absolute atomic E-state index is 1.37. The van der Waals surface area contributed by atoms with Crippen molar-refractivity contribution >= 4 is 137 Å². The van der Waals surface area contributed by atoms with Crippen molar-refractivity contribution in [2.45, 2.75) is 0 Å². The van der Waals surface area contributed by atoms with Crippen LogP contribution in [0.1, 0.15) is 0 Å². The predicted octanol–water partition coefficient (Wildman–Crippen LogP) is 12.3. The van der Waals surface area contributed by atoms with Crippen LogP contribution in [0.15, 0.2) is 97.1 Å². The van der Waals surface area contributed by atoms with Crippen LogP contribution in [0.2, 0.25) is 0 Å². The Bertz CT molecular complexity index is 2260. The normalized spacial score (nSPS) is 12.7. The van der Waals surface area contributed by atoms with E-state index in [2.05, 4.69) is 97.1 Å². The number of hydrogen-bond donors (Lipinski definition) is 0. The molecular weight excluding hydrogens is 537 g/mol. The number of benzene rings is 6. The lowest BCUT2D eigenvalue weighted by molar-refractivity contribution is 1.86. The Morgan fingerprint density at radius 1 is 0.263 bits per heavy atom. The average molecular weight is 553 g/mol. The van der Waals surface area contributed by atoms with E-state index < -0.39 is 0 Å². The number of thiophene rings is 4. The molecule has 0 saturated carbocycles. The van der Waals surface area contributed by atoms with Crippen molar-refractivity contribution in [2.75, 3.05) is 0 Å². The number of hydrogen-bond acceptors (Lipinski definition) is 4. The van der Waals surface area contributed by atoms with Gasteiger partial charge in [-0.3, -0.25) is 0 Å². The number of rotatable bonds is 0. The lowest BCUT2D eigenvalue weighted by atomic mass is 9.96. The van der Waals surface area contributed by atoms with Crippen molar-refractivity contribution in [2.24, 2.45) is 0 Å². The highest BCUT2D eigenvalue weighted by Gasteiger charge is 2.25. The molecule has 0 amide bonds. The Labute approximate surface area is 232 Å². The van der Waals surface area contributed by atoms with E-state index in [1.54, 1.807) is 0 Å². The Morgan fingerprint density at radius 2 is 0.500 bits per heavy atom. The topological polar surface area (TPSA) is 0 Å². The van der Waals surface area contributed by atoms with Gasteiger partial charge in [-0.1, -0.05) is 72.8 Å². The quantitative estimate of drug-likeness (QED) is 0.175. The molecule has 0 aliphatic rings. The van der Waals surface area contributed by atoms with Crippen LogP contribution >= 0.6 is 45.3 Å². The van der Waals surface area contributed by atoms with Crippen molar-refractivity contribution in [1.29, 1.82) is 0 Å². The molecule has 4 aromatic heterocycles. The van der Waals surface area contributed by atoms with E-state index in [9.17, 15) is 0 Å². The summed E-state index contributed by atoms with van der Waals surface area (Å²) < 4.78 is 11.2. The lowest BCUT2D eigenvalue weighted by Gasteiger charge is -2.09. The van der Waals surface area contributed by atoms with E-state index in [1.165, 1.54) is 91.5 Å². The molecule has 10 rings (SSSR count). The lowest BCUT2D eigenvalue weighted by Crippen LogP contribution is -1.80. The fourth-order valence-electron chi connectivity index (χ4n) is 6.54. The highest BCUT2D eigenvalue weighted by molar-refractivity contribution is 7.33. The first-order valence-corrected chi connectivity index (χ1v) is 16.0. The minimum atomic E-state index is 1.37. The van der Waals surface area contributed by atoms with Crippen LogP contribution in [0.25, 0.3) is 91.5 Å². The molecule has 4 heteroatoms. The van der Waals surface area contributed by atoms with Crippen molar-refractivity contribution in [3.05, 3.63) is 97.1 Å².